The van der Waals surface area contributed by atoms with E-state index in [9.17, 15) is 19.5 Å². The number of hydrogen-bond donors (Lipinski definition) is 2. The highest BCUT2D eigenvalue weighted by Gasteiger charge is 2.35. The van der Waals surface area contributed by atoms with Crippen molar-refractivity contribution >= 4 is 29.1 Å². The smallest absolute Gasteiger partial charge is 0.326 e. The van der Waals surface area contributed by atoms with Gasteiger partial charge in [0, 0.05) is 24.8 Å². The number of hydrogen-bond acceptors (Lipinski definition) is 4. The number of rotatable bonds is 5. The van der Waals surface area contributed by atoms with E-state index >= 15 is 0 Å². The minimum absolute atomic E-state index is 0.0338. The van der Waals surface area contributed by atoms with Crippen LogP contribution in [-0.4, -0.2) is 33.8 Å². The molecule has 2 aromatic rings. The van der Waals surface area contributed by atoms with Gasteiger partial charge in [0.1, 0.15) is 6.04 Å². The second-order valence-electron chi connectivity index (χ2n) is 6.32. The molecule has 6 nitrogen and oxygen atoms in total. The summed E-state index contributed by atoms with van der Waals surface area (Å²) in [5.74, 6) is -1.52. The number of thiophene rings is 1. The first kappa shape index (κ1) is 18.1. The third kappa shape index (κ3) is 3.94. The largest absolute Gasteiger partial charge is 0.480 e. The van der Waals surface area contributed by atoms with E-state index in [1.54, 1.807) is 0 Å². The quantitative estimate of drug-likeness (QED) is 0.843. The van der Waals surface area contributed by atoms with Crippen LogP contribution >= 0.6 is 11.3 Å². The summed E-state index contributed by atoms with van der Waals surface area (Å²) >= 11 is 1.46. The van der Waals surface area contributed by atoms with Crippen LogP contribution in [0.25, 0.3) is 0 Å². The standard InChI is InChI=1S/C19H20N2O4S/c1-12(22)20-15(17-7-4-8-26-17)10-18(23)21-11-14-6-3-2-5-13(14)9-16(21)19(24)25/h2-8,15-16H,9-11H2,1H3,(H,20,22)(H,24,25). The zero-order chi connectivity index (χ0) is 18.7. The predicted molar refractivity (Wildman–Crippen MR) is 97.6 cm³/mol. The summed E-state index contributed by atoms with van der Waals surface area (Å²) in [7, 11) is 0. The Hall–Kier alpha value is -2.67. The maximum atomic E-state index is 12.9. The van der Waals surface area contributed by atoms with E-state index in [4.69, 9.17) is 0 Å². The number of carboxylic acid groups (broad SMARTS) is 1. The number of aliphatic carboxylic acids is 1. The third-order valence-corrected chi connectivity index (χ3v) is 5.48. The summed E-state index contributed by atoms with van der Waals surface area (Å²) in [5, 5.41) is 14.3. The van der Waals surface area contributed by atoms with E-state index in [2.05, 4.69) is 5.32 Å². The van der Waals surface area contributed by atoms with Crippen molar-refractivity contribution < 1.29 is 19.5 Å². The van der Waals surface area contributed by atoms with Crippen LogP contribution in [0.1, 0.15) is 35.4 Å². The molecule has 0 saturated carbocycles. The summed E-state index contributed by atoms with van der Waals surface area (Å²) in [6, 6.07) is 9.95. The van der Waals surface area contributed by atoms with Gasteiger partial charge in [0.05, 0.1) is 12.5 Å². The van der Waals surface area contributed by atoms with E-state index in [1.165, 1.54) is 23.2 Å². The highest BCUT2D eigenvalue weighted by molar-refractivity contribution is 7.10. The lowest BCUT2D eigenvalue weighted by Gasteiger charge is -2.35. The molecule has 0 bridgehead atoms. The van der Waals surface area contributed by atoms with Crippen LogP contribution < -0.4 is 5.32 Å². The molecule has 0 radical (unpaired) electrons. The molecule has 0 fully saturated rings. The molecule has 0 aliphatic carbocycles. The average Bonchev–Trinajstić information content (AvgIpc) is 3.14. The van der Waals surface area contributed by atoms with Gasteiger partial charge >= 0.3 is 5.97 Å². The van der Waals surface area contributed by atoms with Crippen molar-refractivity contribution in [1.29, 1.82) is 0 Å². The number of nitrogens with zero attached hydrogens (tertiary/aromatic N) is 1. The van der Waals surface area contributed by atoms with Gasteiger partial charge in [-0.3, -0.25) is 9.59 Å². The Morgan fingerprint density at radius 3 is 2.58 bits per heavy atom. The fourth-order valence-electron chi connectivity index (χ4n) is 3.26. The van der Waals surface area contributed by atoms with Crippen LogP contribution in [0.3, 0.4) is 0 Å². The Labute approximate surface area is 155 Å². The number of nitrogens with one attached hydrogen (secondary N) is 1. The Balaban J connectivity index is 1.82. The molecule has 2 N–H and O–H groups in total. The number of carboxylic acids is 1. The molecule has 2 heterocycles. The fourth-order valence-corrected chi connectivity index (χ4v) is 4.03. The van der Waals surface area contributed by atoms with Crippen LogP contribution in [0, 0.1) is 0 Å². The highest BCUT2D eigenvalue weighted by Crippen LogP contribution is 2.27. The molecule has 136 valence electrons. The lowest BCUT2D eigenvalue weighted by Crippen LogP contribution is -2.49. The van der Waals surface area contributed by atoms with Gasteiger partial charge in [0.2, 0.25) is 11.8 Å². The van der Waals surface area contributed by atoms with E-state index in [0.29, 0.717) is 6.42 Å². The van der Waals surface area contributed by atoms with Crippen LogP contribution in [-0.2, 0) is 27.3 Å². The normalized spacial score (nSPS) is 17.3. The molecular formula is C19H20N2O4S. The van der Waals surface area contributed by atoms with E-state index in [1.807, 2.05) is 41.8 Å². The summed E-state index contributed by atoms with van der Waals surface area (Å²) < 4.78 is 0. The second-order valence-corrected chi connectivity index (χ2v) is 7.30. The molecule has 0 spiro atoms. The average molecular weight is 372 g/mol. The molecule has 1 aromatic carbocycles. The van der Waals surface area contributed by atoms with Crippen molar-refractivity contribution in [3.8, 4) is 0 Å². The number of carbonyl (C=O) groups excluding carboxylic acids is 2. The second kappa shape index (κ2) is 7.70. The maximum absolute atomic E-state index is 12.9. The maximum Gasteiger partial charge on any atom is 0.326 e. The summed E-state index contributed by atoms with van der Waals surface area (Å²) in [4.78, 5) is 38.4. The van der Waals surface area contributed by atoms with Gasteiger partial charge in [-0.15, -0.1) is 11.3 Å². The highest BCUT2D eigenvalue weighted by atomic mass is 32.1. The van der Waals surface area contributed by atoms with E-state index in [-0.39, 0.29) is 24.8 Å². The van der Waals surface area contributed by atoms with Gasteiger partial charge in [0.15, 0.2) is 0 Å². The zero-order valence-electron chi connectivity index (χ0n) is 14.3. The molecule has 2 unspecified atom stereocenters. The van der Waals surface area contributed by atoms with Crippen molar-refractivity contribution in [1.82, 2.24) is 10.2 Å². The Morgan fingerprint density at radius 1 is 1.23 bits per heavy atom. The minimum Gasteiger partial charge on any atom is -0.480 e. The minimum atomic E-state index is -1.01. The monoisotopic (exact) mass is 372 g/mol. The van der Waals surface area contributed by atoms with Crippen molar-refractivity contribution in [2.45, 2.75) is 38.4 Å². The van der Waals surface area contributed by atoms with Gasteiger partial charge in [-0.1, -0.05) is 30.3 Å². The predicted octanol–water partition coefficient (Wildman–Crippen LogP) is 2.35. The zero-order valence-corrected chi connectivity index (χ0v) is 15.2. The first-order chi connectivity index (χ1) is 12.5. The van der Waals surface area contributed by atoms with Gasteiger partial charge < -0.3 is 15.3 Å². The molecule has 7 heteroatoms. The van der Waals surface area contributed by atoms with E-state index in [0.717, 1.165) is 16.0 Å². The summed E-state index contributed by atoms with van der Waals surface area (Å²) in [6.45, 7) is 1.67. The Bertz CT molecular complexity index is 819. The number of carbonyl (C=O) groups is 3. The lowest BCUT2D eigenvalue weighted by atomic mass is 9.93. The van der Waals surface area contributed by atoms with Gasteiger partial charge in [-0.2, -0.15) is 0 Å². The molecular weight excluding hydrogens is 352 g/mol. The molecule has 26 heavy (non-hydrogen) atoms. The molecule has 2 amide bonds. The third-order valence-electron chi connectivity index (χ3n) is 4.50. The van der Waals surface area contributed by atoms with Crippen molar-refractivity contribution in [2.24, 2.45) is 0 Å². The van der Waals surface area contributed by atoms with Crippen molar-refractivity contribution in [2.75, 3.05) is 0 Å². The first-order valence-corrected chi connectivity index (χ1v) is 9.23. The topological polar surface area (TPSA) is 86.7 Å². The Morgan fingerprint density at radius 2 is 1.96 bits per heavy atom. The molecule has 2 atom stereocenters. The number of fused-ring (bicyclic) bond motifs is 1. The first-order valence-electron chi connectivity index (χ1n) is 8.35. The number of amides is 2. The summed E-state index contributed by atoms with van der Waals surface area (Å²) in [6.07, 6.45) is 0.326. The van der Waals surface area contributed by atoms with Gasteiger partial charge in [-0.25, -0.2) is 4.79 Å². The SMILES string of the molecule is CC(=O)NC(CC(=O)N1Cc2ccccc2CC1C(=O)O)c1cccs1. The van der Waals surface area contributed by atoms with Crippen molar-refractivity contribution in [3.05, 3.63) is 57.8 Å². The molecule has 0 saturated heterocycles. The van der Waals surface area contributed by atoms with Gasteiger partial charge in [-0.05, 0) is 22.6 Å². The molecule has 1 aromatic heterocycles. The molecule has 1 aliphatic rings. The van der Waals surface area contributed by atoms with E-state index < -0.39 is 18.1 Å². The van der Waals surface area contributed by atoms with Crippen LogP contribution in [0.4, 0.5) is 0 Å². The van der Waals surface area contributed by atoms with Crippen LogP contribution in [0.15, 0.2) is 41.8 Å². The molecule has 1 aliphatic heterocycles. The van der Waals surface area contributed by atoms with Crippen molar-refractivity contribution in [3.63, 3.8) is 0 Å². The van der Waals surface area contributed by atoms with Crippen LogP contribution in [0.5, 0.6) is 0 Å². The fraction of sp³-hybridized carbons (Fsp3) is 0.316. The molecule has 3 rings (SSSR count). The summed E-state index contributed by atoms with van der Waals surface area (Å²) in [5.41, 5.74) is 1.92. The lowest BCUT2D eigenvalue weighted by molar-refractivity contribution is -0.151. The Kier molecular flexibility index (Phi) is 5.37. The van der Waals surface area contributed by atoms with Gasteiger partial charge in [0.25, 0.3) is 0 Å². The number of benzene rings is 1. The van der Waals surface area contributed by atoms with Crippen LogP contribution in [0.2, 0.25) is 0 Å².